The Morgan fingerprint density at radius 2 is 2.07 bits per heavy atom. The number of anilines is 1. The Morgan fingerprint density at radius 3 is 2.67 bits per heavy atom. The van der Waals surface area contributed by atoms with Gasteiger partial charge in [0.05, 0.1) is 0 Å². The van der Waals surface area contributed by atoms with E-state index < -0.39 is 0 Å². The highest BCUT2D eigenvalue weighted by atomic mass is 35.5. The van der Waals surface area contributed by atoms with Gasteiger partial charge in [-0.3, -0.25) is 0 Å². The van der Waals surface area contributed by atoms with Crippen LogP contribution in [0.4, 0.5) is 5.82 Å². The van der Waals surface area contributed by atoms with Crippen LogP contribution in [0.1, 0.15) is 6.92 Å². The molecule has 0 aliphatic heterocycles. The van der Waals surface area contributed by atoms with Crippen molar-refractivity contribution >= 4 is 17.4 Å². The van der Waals surface area contributed by atoms with Crippen LogP contribution in [0.3, 0.4) is 0 Å². The Kier molecular flexibility index (Phi) is 2.69. The molecule has 2 aromatic rings. The summed E-state index contributed by atoms with van der Waals surface area (Å²) >= 11 is 6.11. The van der Waals surface area contributed by atoms with Gasteiger partial charge in [0.25, 0.3) is 0 Å². The van der Waals surface area contributed by atoms with E-state index in [1.165, 1.54) is 0 Å². The highest BCUT2D eigenvalue weighted by molar-refractivity contribution is 6.33. The predicted molar refractivity (Wildman–Crippen MR) is 65.0 cm³/mol. The van der Waals surface area contributed by atoms with Gasteiger partial charge in [0.1, 0.15) is 5.82 Å². The first-order valence-electron chi connectivity index (χ1n) is 4.93. The Morgan fingerprint density at radius 1 is 1.33 bits per heavy atom. The molecule has 0 spiro atoms. The third-order valence-electron chi connectivity index (χ3n) is 2.46. The lowest BCUT2D eigenvalue weighted by molar-refractivity contribution is 0.780. The summed E-state index contributed by atoms with van der Waals surface area (Å²) in [7, 11) is 0. The minimum atomic E-state index is 0.755. The monoisotopic (exact) mass is 220 g/mol. The Balaban J connectivity index is 2.50. The van der Waals surface area contributed by atoms with Crippen molar-refractivity contribution in [3.05, 3.63) is 41.6 Å². The topological polar surface area (TPSA) is 30.9 Å². The van der Waals surface area contributed by atoms with Gasteiger partial charge in [0.15, 0.2) is 0 Å². The van der Waals surface area contributed by atoms with Crippen LogP contribution < -0.4 is 5.73 Å². The van der Waals surface area contributed by atoms with E-state index >= 15 is 0 Å². The van der Waals surface area contributed by atoms with E-state index in [1.54, 1.807) is 0 Å². The molecule has 0 amide bonds. The summed E-state index contributed by atoms with van der Waals surface area (Å²) in [4.78, 5) is 0. The zero-order chi connectivity index (χ0) is 10.8. The lowest BCUT2D eigenvalue weighted by atomic mass is 10.1. The number of rotatable bonds is 2. The molecule has 0 saturated heterocycles. The van der Waals surface area contributed by atoms with E-state index in [1.807, 2.05) is 41.1 Å². The van der Waals surface area contributed by atoms with Crippen molar-refractivity contribution in [3.63, 3.8) is 0 Å². The van der Waals surface area contributed by atoms with Crippen LogP contribution in [-0.2, 0) is 6.54 Å². The molecular weight excluding hydrogens is 208 g/mol. The Labute approximate surface area is 94.3 Å². The molecule has 0 aliphatic rings. The largest absolute Gasteiger partial charge is 0.385 e. The molecule has 0 fully saturated rings. The van der Waals surface area contributed by atoms with E-state index in [2.05, 4.69) is 6.92 Å². The molecule has 2 nitrogen and oxygen atoms in total. The lowest BCUT2D eigenvalue weighted by Gasteiger charge is -2.00. The molecule has 3 heteroatoms. The van der Waals surface area contributed by atoms with Crippen molar-refractivity contribution in [2.24, 2.45) is 0 Å². The van der Waals surface area contributed by atoms with Crippen LogP contribution in [0.2, 0.25) is 5.02 Å². The molecule has 1 heterocycles. The summed E-state index contributed by atoms with van der Waals surface area (Å²) < 4.78 is 2.00. The number of nitrogens with zero attached hydrogens (tertiary/aromatic N) is 1. The lowest BCUT2D eigenvalue weighted by Crippen LogP contribution is -1.97. The zero-order valence-corrected chi connectivity index (χ0v) is 9.33. The van der Waals surface area contributed by atoms with Crippen LogP contribution in [0, 0.1) is 0 Å². The number of nitrogen functional groups attached to an aromatic ring is 1. The fraction of sp³-hybridized carbons (Fsp3) is 0.167. The summed E-state index contributed by atoms with van der Waals surface area (Å²) in [5.41, 5.74) is 7.95. The van der Waals surface area contributed by atoms with E-state index in [4.69, 9.17) is 17.3 Å². The van der Waals surface area contributed by atoms with Gasteiger partial charge >= 0.3 is 0 Å². The summed E-state index contributed by atoms with van der Waals surface area (Å²) in [6.07, 6.45) is 2.02. The van der Waals surface area contributed by atoms with Crippen molar-refractivity contribution in [2.45, 2.75) is 13.5 Å². The summed E-state index contributed by atoms with van der Waals surface area (Å²) in [5.74, 6) is 0.771. The molecule has 0 bridgehead atoms. The van der Waals surface area contributed by atoms with Gasteiger partial charge in [0, 0.05) is 28.9 Å². The number of aryl methyl sites for hydroxylation is 1. The van der Waals surface area contributed by atoms with E-state index in [0.29, 0.717) is 0 Å². The molecule has 0 radical (unpaired) electrons. The summed E-state index contributed by atoms with van der Waals surface area (Å²) in [6.45, 7) is 2.93. The second-order valence-electron chi connectivity index (χ2n) is 3.42. The normalized spacial score (nSPS) is 10.5. The number of aromatic nitrogens is 1. The van der Waals surface area contributed by atoms with Gasteiger partial charge in [0.2, 0.25) is 0 Å². The van der Waals surface area contributed by atoms with E-state index in [9.17, 15) is 0 Å². The van der Waals surface area contributed by atoms with Crippen LogP contribution >= 0.6 is 11.6 Å². The second-order valence-corrected chi connectivity index (χ2v) is 3.83. The molecular formula is C12H13ClN2. The maximum atomic E-state index is 6.11. The summed E-state index contributed by atoms with van der Waals surface area (Å²) in [6, 6.07) is 9.73. The first-order chi connectivity index (χ1) is 7.22. The number of halogens is 1. The van der Waals surface area contributed by atoms with Crippen molar-refractivity contribution in [3.8, 4) is 11.1 Å². The molecule has 0 atom stereocenters. The van der Waals surface area contributed by atoms with Gasteiger partial charge < -0.3 is 10.3 Å². The number of benzene rings is 1. The molecule has 0 saturated carbocycles. The number of hydrogen-bond donors (Lipinski definition) is 1. The van der Waals surface area contributed by atoms with Crippen molar-refractivity contribution in [2.75, 3.05) is 5.73 Å². The van der Waals surface area contributed by atoms with E-state index in [0.717, 1.165) is 28.5 Å². The molecule has 2 rings (SSSR count). The fourth-order valence-corrected chi connectivity index (χ4v) is 1.88. The highest BCUT2D eigenvalue weighted by Crippen LogP contribution is 2.29. The standard InChI is InChI=1S/C12H13ClN2/c1-2-15-8-9(7-12(15)14)10-5-3-4-6-11(10)13/h3-8H,2,14H2,1H3. The fourth-order valence-electron chi connectivity index (χ4n) is 1.64. The first kappa shape index (κ1) is 10.1. The van der Waals surface area contributed by atoms with Crippen molar-refractivity contribution in [1.82, 2.24) is 4.57 Å². The predicted octanol–water partition coefficient (Wildman–Crippen LogP) is 3.41. The van der Waals surface area contributed by atoms with Crippen LogP contribution in [0.5, 0.6) is 0 Å². The molecule has 0 aliphatic carbocycles. The quantitative estimate of drug-likeness (QED) is 0.826. The smallest absolute Gasteiger partial charge is 0.103 e. The maximum Gasteiger partial charge on any atom is 0.103 e. The van der Waals surface area contributed by atoms with Crippen LogP contribution in [-0.4, -0.2) is 4.57 Å². The highest BCUT2D eigenvalue weighted by Gasteiger charge is 2.06. The molecule has 2 N–H and O–H groups in total. The average molecular weight is 221 g/mol. The SMILES string of the molecule is CCn1cc(-c2ccccc2Cl)cc1N. The minimum absolute atomic E-state index is 0.755. The summed E-state index contributed by atoms with van der Waals surface area (Å²) in [5, 5.41) is 0.755. The second kappa shape index (κ2) is 3.99. The van der Waals surface area contributed by atoms with Gasteiger partial charge in [-0.2, -0.15) is 0 Å². The molecule has 15 heavy (non-hydrogen) atoms. The van der Waals surface area contributed by atoms with E-state index in [-0.39, 0.29) is 0 Å². The number of nitrogens with two attached hydrogens (primary N) is 1. The third-order valence-corrected chi connectivity index (χ3v) is 2.79. The van der Waals surface area contributed by atoms with Crippen molar-refractivity contribution < 1.29 is 0 Å². The Bertz CT molecular complexity index is 474. The third kappa shape index (κ3) is 1.85. The van der Waals surface area contributed by atoms with Gasteiger partial charge in [-0.1, -0.05) is 29.8 Å². The minimum Gasteiger partial charge on any atom is -0.385 e. The van der Waals surface area contributed by atoms with Gasteiger partial charge in [-0.15, -0.1) is 0 Å². The molecule has 1 aromatic carbocycles. The zero-order valence-electron chi connectivity index (χ0n) is 8.57. The maximum absolute atomic E-state index is 6.11. The molecule has 78 valence electrons. The average Bonchev–Trinajstić information content (AvgIpc) is 2.60. The first-order valence-corrected chi connectivity index (χ1v) is 5.30. The molecule has 0 unspecified atom stereocenters. The van der Waals surface area contributed by atoms with Crippen molar-refractivity contribution in [1.29, 1.82) is 0 Å². The van der Waals surface area contributed by atoms with Gasteiger partial charge in [-0.25, -0.2) is 0 Å². The number of hydrogen-bond acceptors (Lipinski definition) is 1. The molecule has 1 aromatic heterocycles. The van der Waals surface area contributed by atoms with Crippen LogP contribution in [0.25, 0.3) is 11.1 Å². The Hall–Kier alpha value is -1.41. The van der Waals surface area contributed by atoms with Gasteiger partial charge in [-0.05, 0) is 19.1 Å². The van der Waals surface area contributed by atoms with Crippen LogP contribution in [0.15, 0.2) is 36.5 Å².